The Bertz CT molecular complexity index is 1160. The number of aldehydes is 1. The Morgan fingerprint density at radius 2 is 1.50 bits per heavy atom. The van der Waals surface area contributed by atoms with E-state index in [4.69, 9.17) is 32.7 Å². The van der Waals surface area contributed by atoms with Crippen LogP contribution in [0.3, 0.4) is 0 Å². The summed E-state index contributed by atoms with van der Waals surface area (Å²) in [5.41, 5.74) is 1.29. The lowest BCUT2D eigenvalue weighted by molar-refractivity contribution is -0.134. The molecule has 10 nitrogen and oxygen atoms in total. The highest BCUT2D eigenvalue weighted by Crippen LogP contribution is 2.24. The zero-order valence-electron chi connectivity index (χ0n) is 22.4. The Kier molecular flexibility index (Phi) is 13.6. The van der Waals surface area contributed by atoms with E-state index in [0.29, 0.717) is 21.9 Å². The molecule has 0 heterocycles. The van der Waals surface area contributed by atoms with Gasteiger partial charge in [-0.25, -0.2) is 4.79 Å². The van der Waals surface area contributed by atoms with Crippen molar-refractivity contribution >= 4 is 53.2 Å². The van der Waals surface area contributed by atoms with Gasteiger partial charge in [-0.1, -0.05) is 73.4 Å². The van der Waals surface area contributed by atoms with Crippen molar-refractivity contribution in [3.05, 3.63) is 69.7 Å². The summed E-state index contributed by atoms with van der Waals surface area (Å²) >= 11 is 12.2. The van der Waals surface area contributed by atoms with Gasteiger partial charge < -0.3 is 30.2 Å². The van der Waals surface area contributed by atoms with Crippen LogP contribution in [-0.2, 0) is 41.9 Å². The summed E-state index contributed by atoms with van der Waals surface area (Å²) in [6.45, 7) is 4.43. The number of carbonyl (C=O) groups excluding carboxylic acids is 5. The van der Waals surface area contributed by atoms with Crippen LogP contribution in [0.15, 0.2) is 48.5 Å². The standard InChI is InChI=1S/C28H33Cl2N3O7/c1-17(2)25(33-28(38)40-14-19-8-5-4-6-9-19)27(37)31-18(3)26(36)32-23(12-13-34)24(35)16-39-15-20-21(29)10-7-11-22(20)30/h4-11,13,17-18,23,25H,12,14-16H2,1-3H3,(H,31,37)(H,32,36)(H,33,38)/t18-,23-,25-/m0/s1. The molecule has 0 saturated carbocycles. The van der Waals surface area contributed by atoms with Crippen LogP contribution in [-0.4, -0.2) is 54.7 Å². The van der Waals surface area contributed by atoms with Gasteiger partial charge in [0.1, 0.15) is 31.6 Å². The summed E-state index contributed by atoms with van der Waals surface area (Å²) in [7, 11) is 0. The van der Waals surface area contributed by atoms with E-state index in [2.05, 4.69) is 16.0 Å². The molecule has 0 fully saturated rings. The van der Waals surface area contributed by atoms with E-state index in [1.807, 2.05) is 18.2 Å². The number of alkyl carbamates (subject to hydrolysis) is 1. The predicted molar refractivity (Wildman–Crippen MR) is 150 cm³/mol. The smallest absolute Gasteiger partial charge is 0.408 e. The largest absolute Gasteiger partial charge is 0.445 e. The van der Waals surface area contributed by atoms with Gasteiger partial charge in [0.05, 0.1) is 12.6 Å². The van der Waals surface area contributed by atoms with Crippen LogP contribution in [0.1, 0.15) is 38.3 Å². The van der Waals surface area contributed by atoms with Crippen LogP contribution >= 0.6 is 23.2 Å². The molecule has 216 valence electrons. The van der Waals surface area contributed by atoms with Crippen molar-refractivity contribution in [1.82, 2.24) is 16.0 Å². The van der Waals surface area contributed by atoms with Gasteiger partial charge in [-0.3, -0.25) is 14.4 Å². The summed E-state index contributed by atoms with van der Waals surface area (Å²) in [4.78, 5) is 61.7. The minimum atomic E-state index is -1.17. The van der Waals surface area contributed by atoms with E-state index in [-0.39, 0.29) is 25.6 Å². The molecule has 0 radical (unpaired) electrons. The molecule has 0 aliphatic carbocycles. The van der Waals surface area contributed by atoms with Crippen LogP contribution in [0, 0.1) is 5.92 Å². The predicted octanol–water partition coefficient (Wildman–Crippen LogP) is 3.61. The molecule has 2 aromatic carbocycles. The molecule has 3 atom stereocenters. The van der Waals surface area contributed by atoms with Gasteiger partial charge in [-0.05, 0) is 30.5 Å². The molecule has 0 unspecified atom stereocenters. The molecule has 0 aliphatic rings. The highest BCUT2D eigenvalue weighted by atomic mass is 35.5. The van der Waals surface area contributed by atoms with Crippen molar-refractivity contribution in [1.29, 1.82) is 0 Å². The van der Waals surface area contributed by atoms with Crippen LogP contribution in [0.25, 0.3) is 0 Å². The number of ether oxygens (including phenoxy) is 2. The quantitative estimate of drug-likeness (QED) is 0.268. The molecule has 0 bridgehead atoms. The first-order chi connectivity index (χ1) is 19.0. The Morgan fingerprint density at radius 1 is 0.850 bits per heavy atom. The van der Waals surface area contributed by atoms with E-state index in [0.717, 1.165) is 5.56 Å². The first-order valence-electron chi connectivity index (χ1n) is 12.6. The Labute approximate surface area is 243 Å². The molecule has 3 N–H and O–H groups in total. The third-order valence-electron chi connectivity index (χ3n) is 5.78. The second-order valence-electron chi connectivity index (χ2n) is 9.28. The molecule has 12 heteroatoms. The Hall–Kier alpha value is -3.47. The van der Waals surface area contributed by atoms with Crippen molar-refractivity contribution in [2.45, 2.75) is 58.5 Å². The summed E-state index contributed by atoms with van der Waals surface area (Å²) in [5.74, 6) is -2.19. The van der Waals surface area contributed by atoms with Gasteiger partial charge in [-0.2, -0.15) is 0 Å². The molecule has 0 aromatic heterocycles. The zero-order chi connectivity index (χ0) is 29.7. The van der Waals surface area contributed by atoms with Gasteiger partial charge in [0.25, 0.3) is 0 Å². The number of amides is 3. The molecule has 2 aromatic rings. The van der Waals surface area contributed by atoms with Crippen LogP contribution < -0.4 is 16.0 Å². The maximum Gasteiger partial charge on any atom is 0.408 e. The lowest BCUT2D eigenvalue weighted by atomic mass is 10.0. The molecular formula is C28H33Cl2N3O7. The summed E-state index contributed by atoms with van der Waals surface area (Å²) in [5, 5.41) is 8.25. The first kappa shape index (κ1) is 32.7. The number of hydrogen-bond donors (Lipinski definition) is 3. The summed E-state index contributed by atoms with van der Waals surface area (Å²) in [6, 6.07) is 10.7. The SMILES string of the molecule is CC(C)[C@H](NC(=O)OCc1ccccc1)C(=O)N[C@@H](C)C(=O)N[C@@H](CC=O)C(=O)COCc1c(Cl)cccc1Cl. The number of Topliss-reactive ketones (excluding diaryl/α,β-unsaturated/α-hetero) is 1. The second kappa shape index (κ2) is 16.6. The van der Waals surface area contributed by atoms with Gasteiger partial charge in [0, 0.05) is 22.0 Å². The van der Waals surface area contributed by atoms with E-state index >= 15 is 0 Å². The fraction of sp³-hybridized carbons (Fsp3) is 0.393. The molecule has 2 rings (SSSR count). The monoisotopic (exact) mass is 593 g/mol. The fourth-order valence-corrected chi connectivity index (χ4v) is 3.99. The van der Waals surface area contributed by atoms with E-state index in [1.54, 1.807) is 44.2 Å². The van der Waals surface area contributed by atoms with Gasteiger partial charge in [0.15, 0.2) is 5.78 Å². The number of nitrogens with one attached hydrogen (secondary N) is 3. The Morgan fingerprint density at radius 3 is 2.10 bits per heavy atom. The van der Waals surface area contributed by atoms with Crippen molar-refractivity contribution in [3.63, 3.8) is 0 Å². The average Bonchev–Trinajstić information content (AvgIpc) is 2.92. The topological polar surface area (TPSA) is 140 Å². The third kappa shape index (κ3) is 10.6. The highest BCUT2D eigenvalue weighted by molar-refractivity contribution is 6.35. The Balaban J connectivity index is 1.89. The molecule has 0 spiro atoms. The molecule has 3 amide bonds. The molecule has 40 heavy (non-hydrogen) atoms. The van der Waals surface area contributed by atoms with Crippen molar-refractivity contribution < 1.29 is 33.4 Å². The lowest BCUT2D eigenvalue weighted by Crippen LogP contribution is -2.56. The van der Waals surface area contributed by atoms with Gasteiger partial charge in [-0.15, -0.1) is 0 Å². The van der Waals surface area contributed by atoms with E-state index in [9.17, 15) is 24.0 Å². The first-order valence-corrected chi connectivity index (χ1v) is 13.3. The number of benzene rings is 2. The third-order valence-corrected chi connectivity index (χ3v) is 6.48. The van der Waals surface area contributed by atoms with Crippen LogP contribution in [0.5, 0.6) is 0 Å². The fourth-order valence-electron chi connectivity index (χ4n) is 3.48. The van der Waals surface area contributed by atoms with Crippen molar-refractivity contribution in [3.8, 4) is 0 Å². The molecule has 0 saturated heterocycles. The summed E-state index contributed by atoms with van der Waals surface area (Å²) in [6.07, 6.45) is -0.577. The van der Waals surface area contributed by atoms with Crippen LogP contribution in [0.4, 0.5) is 4.79 Å². The van der Waals surface area contributed by atoms with E-state index in [1.165, 1.54) is 6.92 Å². The number of ketones is 1. The summed E-state index contributed by atoms with van der Waals surface area (Å²) < 4.78 is 10.6. The van der Waals surface area contributed by atoms with Crippen LogP contribution in [0.2, 0.25) is 10.0 Å². The number of carbonyl (C=O) groups is 5. The van der Waals surface area contributed by atoms with Crippen molar-refractivity contribution in [2.75, 3.05) is 6.61 Å². The second-order valence-corrected chi connectivity index (χ2v) is 10.1. The number of hydrogen-bond acceptors (Lipinski definition) is 7. The molecular weight excluding hydrogens is 561 g/mol. The maximum absolute atomic E-state index is 12.9. The normalized spacial score (nSPS) is 13.1. The number of rotatable bonds is 15. The zero-order valence-corrected chi connectivity index (χ0v) is 24.0. The highest BCUT2D eigenvalue weighted by Gasteiger charge is 2.29. The van der Waals surface area contributed by atoms with Crippen molar-refractivity contribution in [2.24, 2.45) is 5.92 Å². The van der Waals surface area contributed by atoms with E-state index < -0.39 is 48.4 Å². The molecule has 0 aliphatic heterocycles. The number of halogens is 2. The minimum Gasteiger partial charge on any atom is -0.445 e. The maximum atomic E-state index is 12.9. The van der Waals surface area contributed by atoms with Gasteiger partial charge in [0.2, 0.25) is 11.8 Å². The lowest BCUT2D eigenvalue weighted by Gasteiger charge is -2.24. The average molecular weight is 594 g/mol. The minimum absolute atomic E-state index is 0.0270. The van der Waals surface area contributed by atoms with Gasteiger partial charge >= 0.3 is 6.09 Å².